The van der Waals surface area contributed by atoms with E-state index in [2.05, 4.69) is 10.2 Å². The molecule has 4 rings (SSSR count). The summed E-state index contributed by atoms with van der Waals surface area (Å²) in [5.41, 5.74) is 2.22. The zero-order chi connectivity index (χ0) is 20.4. The Morgan fingerprint density at radius 1 is 1.17 bits per heavy atom. The minimum atomic E-state index is -0.342. The second-order valence-electron chi connectivity index (χ2n) is 8.12. The van der Waals surface area contributed by atoms with Gasteiger partial charge in [0.15, 0.2) is 0 Å². The Balaban J connectivity index is 1.59. The molecular weight excluding hydrogens is 368 g/mol. The van der Waals surface area contributed by atoms with E-state index in [-0.39, 0.29) is 17.6 Å². The van der Waals surface area contributed by atoms with Gasteiger partial charge in [0.25, 0.3) is 5.91 Å². The van der Waals surface area contributed by atoms with Gasteiger partial charge in [0.2, 0.25) is 0 Å². The van der Waals surface area contributed by atoms with E-state index in [1.54, 1.807) is 7.11 Å². The van der Waals surface area contributed by atoms with Crippen LogP contribution in [0.15, 0.2) is 42.5 Å². The summed E-state index contributed by atoms with van der Waals surface area (Å²) in [5.74, 6) is 1.50. The summed E-state index contributed by atoms with van der Waals surface area (Å²) >= 11 is 0. The molecule has 0 unspecified atom stereocenters. The molecule has 1 N–H and O–H groups in total. The molecule has 0 saturated carbocycles. The maximum Gasteiger partial charge on any atom is 0.251 e. The number of carbonyl (C=O) groups is 1. The summed E-state index contributed by atoms with van der Waals surface area (Å²) in [7, 11) is 1.65. The van der Waals surface area contributed by atoms with Crippen LogP contribution in [0.5, 0.6) is 11.5 Å². The van der Waals surface area contributed by atoms with Gasteiger partial charge in [0, 0.05) is 30.6 Å². The lowest BCUT2D eigenvalue weighted by Crippen LogP contribution is -2.41. The average molecular weight is 396 g/mol. The molecule has 2 aliphatic heterocycles. The van der Waals surface area contributed by atoms with Crippen molar-refractivity contribution in [3.05, 3.63) is 53.6 Å². The highest BCUT2D eigenvalue weighted by molar-refractivity contribution is 5.96. The minimum absolute atomic E-state index is 0.0975. The Morgan fingerprint density at radius 3 is 2.69 bits per heavy atom. The van der Waals surface area contributed by atoms with E-state index < -0.39 is 0 Å². The number of anilines is 1. The van der Waals surface area contributed by atoms with Crippen LogP contribution in [-0.2, 0) is 4.74 Å². The number of ether oxygens (including phenoxy) is 3. The highest BCUT2D eigenvalue weighted by Gasteiger charge is 2.34. The fourth-order valence-corrected chi connectivity index (χ4v) is 4.06. The van der Waals surface area contributed by atoms with Gasteiger partial charge in [0.05, 0.1) is 32.1 Å². The van der Waals surface area contributed by atoms with Gasteiger partial charge in [-0.1, -0.05) is 18.2 Å². The van der Waals surface area contributed by atoms with Crippen molar-refractivity contribution in [1.82, 2.24) is 5.32 Å². The molecule has 1 atom stereocenters. The quantitative estimate of drug-likeness (QED) is 0.856. The number of rotatable bonds is 4. The first-order valence-electron chi connectivity index (χ1n) is 10.1. The van der Waals surface area contributed by atoms with E-state index >= 15 is 0 Å². The molecule has 2 aliphatic rings. The summed E-state index contributed by atoms with van der Waals surface area (Å²) in [6.07, 6.45) is 0.711. The number of nitrogens with zero attached hydrogens (tertiary/aromatic N) is 1. The molecule has 2 aromatic carbocycles. The third kappa shape index (κ3) is 4.17. The van der Waals surface area contributed by atoms with Crippen molar-refractivity contribution in [1.29, 1.82) is 0 Å². The first kappa shape index (κ1) is 19.6. The standard InChI is InChI=1S/C23H28N2O4/c1-23(2)15-18(17-6-4-5-7-20(17)29-23)24-22(26)16-8-9-21(27-3)19(14-16)25-10-12-28-13-11-25/h4-9,14,18H,10-13,15H2,1-3H3,(H,24,26)/t18-/m0/s1. The molecule has 0 aromatic heterocycles. The normalized spacial score (nSPS) is 20.4. The van der Waals surface area contributed by atoms with Crippen molar-refractivity contribution < 1.29 is 19.0 Å². The van der Waals surface area contributed by atoms with Crippen molar-refractivity contribution in [3.63, 3.8) is 0 Å². The van der Waals surface area contributed by atoms with Crippen LogP contribution in [-0.4, -0.2) is 44.9 Å². The monoisotopic (exact) mass is 396 g/mol. The van der Waals surface area contributed by atoms with Gasteiger partial charge in [-0.2, -0.15) is 0 Å². The summed E-state index contributed by atoms with van der Waals surface area (Å²) < 4.78 is 17.1. The largest absolute Gasteiger partial charge is 0.495 e. The van der Waals surface area contributed by atoms with Crippen molar-refractivity contribution in [2.75, 3.05) is 38.3 Å². The lowest BCUT2D eigenvalue weighted by atomic mass is 9.89. The van der Waals surface area contributed by atoms with Gasteiger partial charge in [-0.05, 0) is 38.1 Å². The third-order valence-corrected chi connectivity index (χ3v) is 5.47. The Hall–Kier alpha value is -2.73. The van der Waals surface area contributed by atoms with Crippen molar-refractivity contribution >= 4 is 11.6 Å². The Bertz CT molecular complexity index is 890. The van der Waals surface area contributed by atoms with Gasteiger partial charge in [0.1, 0.15) is 17.1 Å². The number of methoxy groups -OCH3 is 1. The molecule has 0 radical (unpaired) electrons. The summed E-state index contributed by atoms with van der Waals surface area (Å²) in [6, 6.07) is 13.4. The molecule has 6 heteroatoms. The van der Waals surface area contributed by atoms with Gasteiger partial charge in [-0.3, -0.25) is 4.79 Å². The maximum atomic E-state index is 13.1. The number of benzene rings is 2. The summed E-state index contributed by atoms with van der Waals surface area (Å²) in [5, 5.41) is 3.21. The van der Waals surface area contributed by atoms with Crippen LogP contribution in [0.1, 0.15) is 42.2 Å². The Morgan fingerprint density at radius 2 is 1.93 bits per heavy atom. The number of hydrogen-bond acceptors (Lipinski definition) is 5. The SMILES string of the molecule is COc1ccc(C(=O)N[C@H]2CC(C)(C)Oc3ccccc32)cc1N1CCOCC1. The van der Waals surface area contributed by atoms with E-state index in [4.69, 9.17) is 14.2 Å². The van der Waals surface area contributed by atoms with Crippen molar-refractivity contribution in [2.45, 2.75) is 31.9 Å². The number of para-hydroxylation sites is 1. The fraction of sp³-hybridized carbons (Fsp3) is 0.435. The minimum Gasteiger partial charge on any atom is -0.495 e. The van der Waals surface area contributed by atoms with Crippen LogP contribution in [0, 0.1) is 0 Å². The lowest BCUT2D eigenvalue weighted by Gasteiger charge is -2.38. The van der Waals surface area contributed by atoms with Gasteiger partial charge in [-0.25, -0.2) is 0 Å². The number of carbonyl (C=O) groups excluding carboxylic acids is 1. The van der Waals surface area contributed by atoms with Gasteiger partial charge >= 0.3 is 0 Å². The molecule has 1 saturated heterocycles. The van der Waals surface area contributed by atoms with Gasteiger partial charge < -0.3 is 24.4 Å². The van der Waals surface area contributed by atoms with Crippen LogP contribution in [0.4, 0.5) is 5.69 Å². The summed E-state index contributed by atoms with van der Waals surface area (Å²) in [6.45, 7) is 7.00. The average Bonchev–Trinajstić information content (AvgIpc) is 2.73. The first-order valence-corrected chi connectivity index (χ1v) is 10.1. The van der Waals surface area contributed by atoms with Crippen LogP contribution < -0.4 is 19.7 Å². The van der Waals surface area contributed by atoms with Gasteiger partial charge in [-0.15, -0.1) is 0 Å². The highest BCUT2D eigenvalue weighted by atomic mass is 16.5. The zero-order valence-corrected chi connectivity index (χ0v) is 17.2. The number of hydrogen-bond donors (Lipinski definition) is 1. The molecule has 29 heavy (non-hydrogen) atoms. The molecule has 6 nitrogen and oxygen atoms in total. The predicted molar refractivity (Wildman–Crippen MR) is 112 cm³/mol. The number of fused-ring (bicyclic) bond motifs is 1. The van der Waals surface area contributed by atoms with Crippen molar-refractivity contribution in [2.24, 2.45) is 0 Å². The van der Waals surface area contributed by atoms with E-state index in [9.17, 15) is 4.79 Å². The van der Waals surface area contributed by atoms with Crippen LogP contribution >= 0.6 is 0 Å². The Kier molecular flexibility index (Phi) is 5.37. The highest BCUT2D eigenvalue weighted by Crippen LogP contribution is 2.39. The zero-order valence-electron chi connectivity index (χ0n) is 17.2. The lowest BCUT2D eigenvalue weighted by molar-refractivity contribution is 0.0619. The smallest absolute Gasteiger partial charge is 0.251 e. The van der Waals surface area contributed by atoms with Crippen LogP contribution in [0.2, 0.25) is 0 Å². The number of nitrogens with one attached hydrogen (secondary N) is 1. The molecule has 154 valence electrons. The van der Waals surface area contributed by atoms with E-state index in [0.29, 0.717) is 25.2 Å². The second kappa shape index (κ2) is 7.95. The topological polar surface area (TPSA) is 60.0 Å². The van der Waals surface area contributed by atoms with Crippen LogP contribution in [0.3, 0.4) is 0 Å². The Labute approximate surface area is 171 Å². The predicted octanol–water partition coefficient (Wildman–Crippen LogP) is 3.56. The number of morpholine rings is 1. The van der Waals surface area contributed by atoms with Crippen molar-refractivity contribution in [3.8, 4) is 11.5 Å². The van der Waals surface area contributed by atoms with Crippen LogP contribution in [0.25, 0.3) is 0 Å². The molecule has 0 bridgehead atoms. The molecule has 0 spiro atoms. The molecule has 2 heterocycles. The van der Waals surface area contributed by atoms with E-state index in [0.717, 1.165) is 35.8 Å². The maximum absolute atomic E-state index is 13.1. The fourth-order valence-electron chi connectivity index (χ4n) is 4.06. The molecular formula is C23H28N2O4. The summed E-state index contributed by atoms with van der Waals surface area (Å²) in [4.78, 5) is 15.3. The first-order chi connectivity index (χ1) is 14.0. The third-order valence-electron chi connectivity index (χ3n) is 5.47. The second-order valence-corrected chi connectivity index (χ2v) is 8.12. The number of amides is 1. The molecule has 2 aromatic rings. The molecule has 1 fully saturated rings. The molecule has 0 aliphatic carbocycles. The molecule has 1 amide bonds. The van der Waals surface area contributed by atoms with E-state index in [1.807, 2.05) is 56.3 Å². The van der Waals surface area contributed by atoms with E-state index in [1.165, 1.54) is 0 Å².